The van der Waals surface area contributed by atoms with E-state index < -0.39 is 27.5 Å². The van der Waals surface area contributed by atoms with Crippen LogP contribution in [0.4, 0.5) is 5.82 Å². The number of amides is 1. The van der Waals surface area contributed by atoms with Gasteiger partial charge < -0.3 is 11.1 Å². The van der Waals surface area contributed by atoms with Crippen LogP contribution in [0.3, 0.4) is 0 Å². The topological polar surface area (TPSA) is 175 Å². The molecule has 0 aliphatic rings. The van der Waals surface area contributed by atoms with Gasteiger partial charge in [-0.1, -0.05) is 17.9 Å². The molecule has 42 heavy (non-hydrogen) atoms. The number of carbonyl (C=O) groups excluding carboxylic acids is 1. The quantitative estimate of drug-likeness (QED) is 0.144. The number of nitrogens with one attached hydrogen (secondary N) is 1. The number of benzene rings is 1. The summed E-state index contributed by atoms with van der Waals surface area (Å²) in [4.78, 5) is 36.2. The first-order valence-corrected chi connectivity index (χ1v) is 15.1. The van der Waals surface area contributed by atoms with Gasteiger partial charge in [0, 0.05) is 67.7 Å². The second kappa shape index (κ2) is 11.5. The van der Waals surface area contributed by atoms with E-state index in [0.717, 1.165) is 2.52 Å². The predicted octanol–water partition coefficient (Wildman–Crippen LogP) is 1.26. The molecular weight excluding hydrogens is 675 g/mol. The minimum Gasteiger partial charge on any atom is -0.381 e. The Balaban J connectivity index is 1.60. The maximum absolute atomic E-state index is 14.0. The molecular formula is C26H25IN10O4S. The molecule has 0 unspecified atom stereocenters. The molecule has 5 aromatic rings. The second-order valence-electron chi connectivity index (χ2n) is 9.33. The Morgan fingerprint density at radius 1 is 1.26 bits per heavy atom. The molecule has 5 rings (SSSR count). The highest BCUT2D eigenvalue weighted by molar-refractivity contribution is 14.1. The third-order valence-corrected chi connectivity index (χ3v) is 9.67. The van der Waals surface area contributed by atoms with E-state index >= 15 is 0 Å². The molecule has 0 saturated heterocycles. The van der Waals surface area contributed by atoms with Crippen LogP contribution in [0.2, 0.25) is 0 Å². The fourth-order valence-corrected chi connectivity index (χ4v) is 5.60. The van der Waals surface area contributed by atoms with E-state index in [0.29, 0.717) is 16.6 Å². The van der Waals surface area contributed by atoms with Crippen LogP contribution in [0.5, 0.6) is 0 Å². The van der Waals surface area contributed by atoms with E-state index in [9.17, 15) is 18.0 Å². The SMILES string of the molecule is C[C@@H](NC(=O)c1c(N)nn2cccnc12)c1nc2cccc(C#Cc3cnn(C)c3)c2c(=O)n1CCS(=O)(=O)N(C)I. The highest BCUT2D eigenvalue weighted by atomic mass is 127. The lowest BCUT2D eigenvalue weighted by Gasteiger charge is -2.20. The Morgan fingerprint density at radius 2 is 2.05 bits per heavy atom. The molecule has 0 bridgehead atoms. The summed E-state index contributed by atoms with van der Waals surface area (Å²) in [6, 6.07) is 5.90. The largest absolute Gasteiger partial charge is 0.381 e. The van der Waals surface area contributed by atoms with Crippen LogP contribution in [0, 0.1) is 11.8 Å². The monoisotopic (exact) mass is 700 g/mol. The Kier molecular flexibility index (Phi) is 7.99. The van der Waals surface area contributed by atoms with Crippen LogP contribution in [-0.4, -0.2) is 63.6 Å². The maximum atomic E-state index is 14.0. The van der Waals surface area contributed by atoms with Crippen molar-refractivity contribution in [3.63, 3.8) is 0 Å². The molecule has 0 radical (unpaired) electrons. The van der Waals surface area contributed by atoms with Crippen molar-refractivity contribution in [3.05, 3.63) is 81.9 Å². The normalized spacial score (nSPS) is 12.4. The van der Waals surface area contributed by atoms with E-state index in [4.69, 9.17) is 10.7 Å². The molecule has 0 fully saturated rings. The summed E-state index contributed by atoms with van der Waals surface area (Å²) in [7, 11) is -0.502. The smallest absolute Gasteiger partial charge is 0.262 e. The van der Waals surface area contributed by atoms with E-state index in [1.54, 1.807) is 84.4 Å². The number of nitrogens with zero attached hydrogens (tertiary/aromatic N) is 8. The van der Waals surface area contributed by atoms with Crippen molar-refractivity contribution in [1.29, 1.82) is 0 Å². The Labute approximate surface area is 254 Å². The molecule has 216 valence electrons. The molecule has 16 heteroatoms. The van der Waals surface area contributed by atoms with E-state index in [1.807, 2.05) is 0 Å². The van der Waals surface area contributed by atoms with E-state index in [-0.39, 0.29) is 40.5 Å². The van der Waals surface area contributed by atoms with Gasteiger partial charge in [0.1, 0.15) is 11.4 Å². The molecule has 1 aromatic carbocycles. The molecule has 3 N–H and O–H groups in total. The molecule has 1 atom stereocenters. The number of anilines is 1. The second-order valence-corrected chi connectivity index (χ2v) is 13.6. The zero-order valence-electron chi connectivity index (χ0n) is 22.7. The first-order chi connectivity index (χ1) is 20.0. The van der Waals surface area contributed by atoms with E-state index in [2.05, 4.69) is 32.3 Å². The van der Waals surface area contributed by atoms with Crippen molar-refractivity contribution < 1.29 is 13.2 Å². The first kappa shape index (κ1) is 29.2. The molecule has 14 nitrogen and oxygen atoms in total. The van der Waals surface area contributed by atoms with Crippen molar-refractivity contribution in [2.75, 3.05) is 18.5 Å². The van der Waals surface area contributed by atoms with Crippen molar-refractivity contribution in [2.45, 2.75) is 19.5 Å². The summed E-state index contributed by atoms with van der Waals surface area (Å²) in [6.45, 7) is 1.43. The Hall–Kier alpha value is -4.34. The maximum Gasteiger partial charge on any atom is 0.262 e. The lowest BCUT2D eigenvalue weighted by molar-refractivity contribution is 0.0939. The number of rotatable bonds is 7. The Bertz CT molecular complexity index is 2070. The van der Waals surface area contributed by atoms with Crippen molar-refractivity contribution in [3.8, 4) is 11.8 Å². The summed E-state index contributed by atoms with van der Waals surface area (Å²) in [5, 5.41) is 11.3. The number of fused-ring (bicyclic) bond motifs is 2. The van der Waals surface area contributed by atoms with Crippen molar-refractivity contribution in [2.24, 2.45) is 7.05 Å². The third-order valence-electron chi connectivity index (χ3n) is 6.40. The van der Waals surface area contributed by atoms with Gasteiger partial charge in [-0.25, -0.2) is 22.9 Å². The van der Waals surface area contributed by atoms with Gasteiger partial charge in [-0.3, -0.25) is 18.8 Å². The zero-order valence-corrected chi connectivity index (χ0v) is 25.7. The number of hydrogen-bond acceptors (Lipinski definition) is 9. The third kappa shape index (κ3) is 5.70. The first-order valence-electron chi connectivity index (χ1n) is 12.5. The average Bonchev–Trinajstić information content (AvgIpc) is 3.52. The standard InChI is InChI=1S/C26H25IN10O4S/c1-16(31-25(38)21-22(28)33-37-11-5-10-29-24(21)37)23-32-19-7-4-6-18(9-8-17-14-30-34(2)15-17)20(19)26(39)36(23)12-13-42(40,41)35(3)27/h4-7,10-11,14-16H,12-13H2,1-3H3,(H2,28,33)(H,31,38)/t16-/m1/s1. The minimum absolute atomic E-state index is 0.0183. The summed E-state index contributed by atoms with van der Waals surface area (Å²) >= 11 is 1.66. The summed E-state index contributed by atoms with van der Waals surface area (Å²) in [5.41, 5.74) is 7.28. The Morgan fingerprint density at radius 3 is 2.76 bits per heavy atom. The molecule has 4 heterocycles. The van der Waals surface area contributed by atoms with Gasteiger partial charge in [0.25, 0.3) is 11.5 Å². The van der Waals surface area contributed by atoms with Crippen LogP contribution >= 0.6 is 22.9 Å². The summed E-state index contributed by atoms with van der Waals surface area (Å²) < 4.78 is 30.6. The molecule has 1 amide bonds. The number of sulfonamides is 1. The number of carbonyl (C=O) groups is 1. The minimum atomic E-state index is -3.68. The number of nitrogens with two attached hydrogens (primary N) is 1. The van der Waals surface area contributed by atoms with Crippen molar-refractivity contribution >= 4 is 61.2 Å². The van der Waals surface area contributed by atoms with Crippen LogP contribution in [0.1, 0.15) is 40.3 Å². The lowest BCUT2D eigenvalue weighted by Crippen LogP contribution is -2.36. The predicted molar refractivity (Wildman–Crippen MR) is 164 cm³/mol. The number of aryl methyl sites for hydroxylation is 1. The molecule has 0 spiro atoms. The van der Waals surface area contributed by atoms with Crippen LogP contribution in [0.25, 0.3) is 16.6 Å². The highest BCUT2D eigenvalue weighted by Gasteiger charge is 2.25. The van der Waals surface area contributed by atoms with Crippen LogP contribution in [0.15, 0.2) is 53.8 Å². The summed E-state index contributed by atoms with van der Waals surface area (Å²) in [5.74, 6) is 5.20. The van der Waals surface area contributed by atoms with Crippen LogP contribution < -0.4 is 16.6 Å². The van der Waals surface area contributed by atoms with Gasteiger partial charge in [-0.2, -0.15) is 5.10 Å². The van der Waals surface area contributed by atoms with Gasteiger partial charge in [-0.05, 0) is 25.1 Å². The molecule has 0 aliphatic carbocycles. The highest BCUT2D eigenvalue weighted by Crippen LogP contribution is 2.20. The zero-order chi connectivity index (χ0) is 30.2. The van der Waals surface area contributed by atoms with Gasteiger partial charge in [0.2, 0.25) is 10.0 Å². The molecule has 4 aromatic heterocycles. The lowest BCUT2D eigenvalue weighted by atomic mass is 10.1. The van der Waals surface area contributed by atoms with Gasteiger partial charge >= 0.3 is 0 Å². The molecule has 0 aliphatic heterocycles. The van der Waals surface area contributed by atoms with Gasteiger partial charge in [0.15, 0.2) is 11.5 Å². The van der Waals surface area contributed by atoms with Gasteiger partial charge in [0.05, 0.1) is 34.5 Å². The average molecular weight is 701 g/mol. The number of nitrogen functional groups attached to an aromatic ring is 1. The number of halogens is 1. The molecule has 0 saturated carbocycles. The van der Waals surface area contributed by atoms with Crippen molar-refractivity contribution in [1.82, 2.24) is 41.8 Å². The van der Waals surface area contributed by atoms with E-state index in [1.165, 1.54) is 22.3 Å². The number of aromatic nitrogens is 7. The fourth-order valence-electron chi connectivity index (χ4n) is 4.34. The number of hydrogen-bond donors (Lipinski definition) is 2. The summed E-state index contributed by atoms with van der Waals surface area (Å²) in [6.07, 6.45) is 6.48. The fraction of sp³-hybridized carbons (Fsp3) is 0.231. The van der Waals surface area contributed by atoms with Crippen LogP contribution in [-0.2, 0) is 23.6 Å². The van der Waals surface area contributed by atoms with Gasteiger partial charge in [-0.15, -0.1) is 7.62 Å².